The maximum absolute atomic E-state index is 11.9. The highest BCUT2D eigenvalue weighted by molar-refractivity contribution is 5.86. The van der Waals surface area contributed by atoms with Crippen molar-refractivity contribution in [2.75, 3.05) is 18.6 Å². The van der Waals surface area contributed by atoms with Crippen LogP contribution in [0.3, 0.4) is 0 Å². The minimum absolute atomic E-state index is 0.144. The minimum atomic E-state index is -0.496. The molecule has 1 N–H and O–H groups in total. The fourth-order valence-electron chi connectivity index (χ4n) is 2.75. The summed E-state index contributed by atoms with van der Waals surface area (Å²) in [5, 5.41) is 11.7. The van der Waals surface area contributed by atoms with E-state index in [4.69, 9.17) is 4.74 Å². The van der Waals surface area contributed by atoms with Crippen LogP contribution in [0.1, 0.15) is 5.56 Å². The van der Waals surface area contributed by atoms with Crippen LogP contribution >= 0.6 is 0 Å². The van der Waals surface area contributed by atoms with Gasteiger partial charge in [-0.3, -0.25) is 14.9 Å². The molecule has 0 unspecified atom stereocenters. The van der Waals surface area contributed by atoms with Crippen molar-refractivity contribution in [1.82, 2.24) is 9.97 Å². The zero-order valence-electron chi connectivity index (χ0n) is 14.7. The van der Waals surface area contributed by atoms with E-state index >= 15 is 0 Å². The highest BCUT2D eigenvalue weighted by Crippen LogP contribution is 2.31. The van der Waals surface area contributed by atoms with Gasteiger partial charge in [0.1, 0.15) is 18.0 Å². The molecule has 0 aliphatic rings. The van der Waals surface area contributed by atoms with Gasteiger partial charge in [0.15, 0.2) is 0 Å². The number of hydrogen-bond donors (Lipinski definition) is 1. The van der Waals surface area contributed by atoms with Crippen molar-refractivity contribution in [2.45, 2.75) is 6.54 Å². The molecule has 2 aromatic carbocycles. The molecule has 8 heteroatoms. The van der Waals surface area contributed by atoms with Gasteiger partial charge < -0.3 is 14.6 Å². The van der Waals surface area contributed by atoms with Crippen LogP contribution in [0.5, 0.6) is 5.75 Å². The first-order valence-electron chi connectivity index (χ1n) is 8.19. The number of anilines is 1. The largest absolute Gasteiger partial charge is 0.490 e. The molecule has 0 radical (unpaired) electrons. The van der Waals surface area contributed by atoms with Crippen molar-refractivity contribution in [3.05, 3.63) is 81.4 Å². The molecule has 0 aliphatic carbocycles. The van der Waals surface area contributed by atoms with E-state index in [-0.39, 0.29) is 11.1 Å². The highest BCUT2D eigenvalue weighted by atomic mass is 16.6. The molecule has 1 heterocycles. The van der Waals surface area contributed by atoms with E-state index < -0.39 is 10.5 Å². The monoisotopic (exact) mass is 366 g/mol. The van der Waals surface area contributed by atoms with Gasteiger partial charge in [0.25, 0.3) is 11.2 Å². The Morgan fingerprint density at radius 1 is 1.33 bits per heavy atom. The normalized spacial score (nSPS) is 10.6. The number of benzene rings is 2. The molecule has 0 amide bonds. The molecule has 3 rings (SSSR count). The van der Waals surface area contributed by atoms with Gasteiger partial charge in [-0.2, -0.15) is 0 Å². The van der Waals surface area contributed by atoms with Crippen LogP contribution in [0, 0.1) is 10.1 Å². The summed E-state index contributed by atoms with van der Waals surface area (Å²) in [5.41, 5.74) is 1.19. The summed E-state index contributed by atoms with van der Waals surface area (Å²) in [6.45, 7) is 4.47. The van der Waals surface area contributed by atoms with Crippen LogP contribution in [0.2, 0.25) is 0 Å². The average molecular weight is 366 g/mol. The van der Waals surface area contributed by atoms with Crippen LogP contribution < -0.4 is 15.2 Å². The second kappa shape index (κ2) is 7.69. The molecule has 0 aliphatic heterocycles. The van der Waals surface area contributed by atoms with E-state index in [1.807, 2.05) is 24.3 Å². The molecule has 0 spiro atoms. The molecule has 0 bridgehead atoms. The third-order valence-corrected chi connectivity index (χ3v) is 4.06. The van der Waals surface area contributed by atoms with Gasteiger partial charge in [-0.15, -0.1) is 0 Å². The second-order valence-electron chi connectivity index (χ2n) is 5.95. The van der Waals surface area contributed by atoms with Crippen molar-refractivity contribution in [2.24, 2.45) is 0 Å². The standard InChI is InChI=1S/C19H18N4O4/c1-3-8-27-14-6-4-13(5-7-14)11-22(2)17-10-16-15(9-18(17)23(25)26)19(24)21-12-20-16/h3-7,9-10,12H,1,8,11H2,2H3,(H,20,21,24). The number of nitrogens with one attached hydrogen (secondary N) is 1. The Labute approximate surface area is 154 Å². The van der Waals surface area contributed by atoms with Gasteiger partial charge in [0, 0.05) is 19.7 Å². The Kier molecular flexibility index (Phi) is 5.16. The zero-order valence-corrected chi connectivity index (χ0v) is 14.7. The summed E-state index contributed by atoms with van der Waals surface area (Å²) in [6, 6.07) is 10.3. The Hall–Kier alpha value is -3.68. The van der Waals surface area contributed by atoms with E-state index in [1.54, 1.807) is 24.1 Å². The molecule has 0 saturated heterocycles. The van der Waals surface area contributed by atoms with Gasteiger partial charge in [-0.1, -0.05) is 24.8 Å². The Balaban J connectivity index is 1.91. The minimum Gasteiger partial charge on any atom is -0.490 e. The van der Waals surface area contributed by atoms with Crippen molar-refractivity contribution in [3.8, 4) is 5.75 Å². The van der Waals surface area contributed by atoms with Crippen molar-refractivity contribution >= 4 is 22.3 Å². The molecule has 0 fully saturated rings. The Bertz CT molecular complexity index is 1040. The number of ether oxygens (including phenoxy) is 1. The molecular formula is C19H18N4O4. The average Bonchev–Trinajstić information content (AvgIpc) is 2.66. The summed E-state index contributed by atoms with van der Waals surface area (Å²) in [5.74, 6) is 0.724. The molecule has 138 valence electrons. The lowest BCUT2D eigenvalue weighted by molar-refractivity contribution is -0.384. The molecule has 8 nitrogen and oxygen atoms in total. The predicted octanol–water partition coefficient (Wildman–Crippen LogP) is 3.03. The fraction of sp³-hybridized carbons (Fsp3) is 0.158. The van der Waals surface area contributed by atoms with Gasteiger partial charge in [-0.25, -0.2) is 4.98 Å². The summed E-state index contributed by atoms with van der Waals surface area (Å²) in [6.07, 6.45) is 2.95. The summed E-state index contributed by atoms with van der Waals surface area (Å²) < 4.78 is 5.45. The first kappa shape index (κ1) is 18.1. The Morgan fingerprint density at radius 2 is 2.07 bits per heavy atom. The Morgan fingerprint density at radius 3 is 2.74 bits per heavy atom. The van der Waals surface area contributed by atoms with Crippen molar-refractivity contribution < 1.29 is 9.66 Å². The van der Waals surface area contributed by atoms with Crippen LogP contribution in [0.25, 0.3) is 10.9 Å². The second-order valence-corrected chi connectivity index (χ2v) is 5.95. The first-order valence-corrected chi connectivity index (χ1v) is 8.19. The quantitative estimate of drug-likeness (QED) is 0.392. The number of hydrogen-bond acceptors (Lipinski definition) is 6. The summed E-state index contributed by atoms with van der Waals surface area (Å²) in [4.78, 5) is 31.2. The SMILES string of the molecule is C=CCOc1ccc(CN(C)c2cc3nc[nH]c(=O)c3cc2[N+](=O)[O-])cc1. The van der Waals surface area contributed by atoms with E-state index in [2.05, 4.69) is 16.5 Å². The van der Waals surface area contributed by atoms with Crippen molar-refractivity contribution in [3.63, 3.8) is 0 Å². The predicted molar refractivity (Wildman–Crippen MR) is 103 cm³/mol. The molecule has 0 atom stereocenters. The number of nitro benzene ring substituents is 1. The number of fused-ring (bicyclic) bond motifs is 1. The van der Waals surface area contributed by atoms with E-state index in [1.165, 1.54) is 12.4 Å². The first-order chi connectivity index (χ1) is 13.0. The van der Waals surface area contributed by atoms with Crippen molar-refractivity contribution in [1.29, 1.82) is 0 Å². The van der Waals surface area contributed by atoms with Gasteiger partial charge in [0.05, 0.1) is 22.2 Å². The van der Waals surface area contributed by atoms with Crippen LogP contribution in [0.15, 0.2) is 60.2 Å². The topological polar surface area (TPSA) is 101 Å². The van der Waals surface area contributed by atoms with Gasteiger partial charge >= 0.3 is 0 Å². The lowest BCUT2D eigenvalue weighted by Crippen LogP contribution is -2.18. The van der Waals surface area contributed by atoms with Crippen LogP contribution in [-0.4, -0.2) is 28.5 Å². The molecule has 27 heavy (non-hydrogen) atoms. The zero-order chi connectivity index (χ0) is 19.4. The number of aromatic amines is 1. The molecule has 0 saturated carbocycles. The fourth-order valence-corrected chi connectivity index (χ4v) is 2.75. The van der Waals surface area contributed by atoms with Gasteiger partial charge in [-0.05, 0) is 23.8 Å². The highest BCUT2D eigenvalue weighted by Gasteiger charge is 2.20. The number of aromatic nitrogens is 2. The number of H-pyrrole nitrogens is 1. The lowest BCUT2D eigenvalue weighted by Gasteiger charge is -2.20. The maximum Gasteiger partial charge on any atom is 0.293 e. The summed E-state index contributed by atoms with van der Waals surface area (Å²) in [7, 11) is 1.75. The third-order valence-electron chi connectivity index (χ3n) is 4.06. The molecule has 3 aromatic rings. The van der Waals surface area contributed by atoms with Crippen LogP contribution in [-0.2, 0) is 6.54 Å². The van der Waals surface area contributed by atoms with Crippen LogP contribution in [0.4, 0.5) is 11.4 Å². The van der Waals surface area contributed by atoms with Gasteiger partial charge in [0.2, 0.25) is 0 Å². The third kappa shape index (κ3) is 3.95. The number of nitro groups is 1. The maximum atomic E-state index is 11.9. The number of nitrogens with zero attached hydrogens (tertiary/aromatic N) is 3. The molecule has 1 aromatic heterocycles. The summed E-state index contributed by atoms with van der Waals surface area (Å²) >= 11 is 0. The molecular weight excluding hydrogens is 348 g/mol. The van der Waals surface area contributed by atoms with E-state index in [0.717, 1.165) is 11.3 Å². The lowest BCUT2D eigenvalue weighted by atomic mass is 10.1. The smallest absolute Gasteiger partial charge is 0.293 e. The van der Waals surface area contributed by atoms with E-state index in [0.29, 0.717) is 24.4 Å². The van der Waals surface area contributed by atoms with E-state index in [9.17, 15) is 14.9 Å². The number of rotatable bonds is 7.